The first-order valence-corrected chi connectivity index (χ1v) is 6.03. The first kappa shape index (κ1) is 11.5. The fraction of sp³-hybridized carbons (Fsp3) is 0.143. The number of nitrogens with zero attached hydrogens (tertiary/aromatic N) is 2. The molecule has 0 aliphatic rings. The molecule has 0 saturated carbocycles. The van der Waals surface area contributed by atoms with E-state index in [0.717, 1.165) is 22.3 Å². The van der Waals surface area contributed by atoms with Gasteiger partial charge in [0.2, 0.25) is 0 Å². The number of para-hydroxylation sites is 1. The molecule has 0 aliphatic heterocycles. The van der Waals surface area contributed by atoms with Crippen LogP contribution in [0.5, 0.6) is 0 Å². The van der Waals surface area contributed by atoms with Gasteiger partial charge in [-0.15, -0.1) is 0 Å². The zero-order valence-corrected chi connectivity index (χ0v) is 10.8. The van der Waals surface area contributed by atoms with Crippen molar-refractivity contribution in [2.75, 3.05) is 5.32 Å². The van der Waals surface area contributed by atoms with E-state index in [-0.39, 0.29) is 5.91 Å². The summed E-state index contributed by atoms with van der Waals surface area (Å²) in [7, 11) is 1.83. The quantitative estimate of drug-likeness (QED) is 0.738. The minimum absolute atomic E-state index is 0.135. The molecule has 3 aromatic rings. The smallest absolute Gasteiger partial charge is 0.257 e. The van der Waals surface area contributed by atoms with Gasteiger partial charge in [0.15, 0.2) is 0 Å². The van der Waals surface area contributed by atoms with E-state index in [2.05, 4.69) is 15.4 Å². The molecule has 2 N–H and O–H groups in total. The van der Waals surface area contributed by atoms with E-state index in [4.69, 9.17) is 0 Å². The number of aromatic nitrogens is 3. The lowest BCUT2D eigenvalue weighted by Crippen LogP contribution is -2.12. The van der Waals surface area contributed by atoms with Crippen LogP contribution in [-0.2, 0) is 7.05 Å². The molecule has 0 saturated heterocycles. The number of H-pyrrole nitrogens is 1. The first-order chi connectivity index (χ1) is 9.15. The Morgan fingerprint density at radius 2 is 2.21 bits per heavy atom. The van der Waals surface area contributed by atoms with Crippen LogP contribution >= 0.6 is 0 Å². The molecule has 96 valence electrons. The number of hydrogen-bond donors (Lipinski definition) is 2. The number of aromatic amines is 1. The maximum atomic E-state index is 12.3. The van der Waals surface area contributed by atoms with Crippen LogP contribution in [0.3, 0.4) is 0 Å². The summed E-state index contributed by atoms with van der Waals surface area (Å²) >= 11 is 0. The van der Waals surface area contributed by atoms with E-state index in [1.165, 1.54) is 0 Å². The molecule has 2 heterocycles. The van der Waals surface area contributed by atoms with Gasteiger partial charge in [0.1, 0.15) is 0 Å². The number of amides is 1. The molecule has 0 unspecified atom stereocenters. The van der Waals surface area contributed by atoms with Crippen molar-refractivity contribution in [1.82, 2.24) is 14.8 Å². The topological polar surface area (TPSA) is 62.7 Å². The second kappa shape index (κ2) is 4.28. The molecular formula is C14H14N4O. The third-order valence-corrected chi connectivity index (χ3v) is 3.09. The maximum absolute atomic E-state index is 12.3. The summed E-state index contributed by atoms with van der Waals surface area (Å²) in [5, 5.41) is 8.11. The number of carbonyl (C=O) groups excluding carboxylic acids is 1. The molecule has 0 radical (unpaired) electrons. The fourth-order valence-electron chi connectivity index (χ4n) is 2.19. The van der Waals surface area contributed by atoms with Crippen molar-refractivity contribution in [1.29, 1.82) is 0 Å². The minimum Gasteiger partial charge on any atom is -0.361 e. The van der Waals surface area contributed by atoms with E-state index < -0.39 is 0 Å². The molecule has 1 amide bonds. The fourth-order valence-corrected chi connectivity index (χ4v) is 2.19. The molecule has 19 heavy (non-hydrogen) atoms. The van der Waals surface area contributed by atoms with Crippen molar-refractivity contribution < 1.29 is 4.79 Å². The van der Waals surface area contributed by atoms with Gasteiger partial charge in [-0.25, -0.2) is 0 Å². The summed E-state index contributed by atoms with van der Waals surface area (Å²) in [4.78, 5) is 15.4. The molecule has 0 aliphatic carbocycles. The highest BCUT2D eigenvalue weighted by Gasteiger charge is 2.13. The Balaban J connectivity index is 1.96. The molecule has 3 rings (SSSR count). The second-order valence-electron chi connectivity index (χ2n) is 4.50. The van der Waals surface area contributed by atoms with Gasteiger partial charge < -0.3 is 10.3 Å². The van der Waals surface area contributed by atoms with Gasteiger partial charge in [0.25, 0.3) is 5.91 Å². The van der Waals surface area contributed by atoms with Crippen molar-refractivity contribution in [3.63, 3.8) is 0 Å². The van der Waals surface area contributed by atoms with Crippen LogP contribution in [0.1, 0.15) is 16.1 Å². The zero-order chi connectivity index (χ0) is 13.4. The number of hydrogen-bond acceptors (Lipinski definition) is 2. The summed E-state index contributed by atoms with van der Waals surface area (Å²) in [5.41, 5.74) is 3.01. The highest BCUT2D eigenvalue weighted by Crippen LogP contribution is 2.19. The largest absolute Gasteiger partial charge is 0.361 e. The summed E-state index contributed by atoms with van der Waals surface area (Å²) in [6, 6.07) is 7.60. The number of carbonyl (C=O) groups is 1. The van der Waals surface area contributed by atoms with Crippen LogP contribution in [0.15, 0.2) is 36.7 Å². The summed E-state index contributed by atoms with van der Waals surface area (Å²) in [5.74, 6) is -0.135. The Labute approximate surface area is 110 Å². The number of benzene rings is 1. The first-order valence-electron chi connectivity index (χ1n) is 6.03. The minimum atomic E-state index is -0.135. The number of anilines is 1. The predicted octanol–water partition coefficient (Wildman–Crippen LogP) is 2.46. The van der Waals surface area contributed by atoms with Gasteiger partial charge in [-0.2, -0.15) is 5.10 Å². The van der Waals surface area contributed by atoms with E-state index >= 15 is 0 Å². The van der Waals surface area contributed by atoms with Crippen molar-refractivity contribution in [3.8, 4) is 0 Å². The van der Waals surface area contributed by atoms with Gasteiger partial charge >= 0.3 is 0 Å². The third-order valence-electron chi connectivity index (χ3n) is 3.09. The normalized spacial score (nSPS) is 10.8. The van der Waals surface area contributed by atoms with Crippen molar-refractivity contribution in [2.24, 2.45) is 7.05 Å². The molecule has 5 heteroatoms. The lowest BCUT2D eigenvalue weighted by Gasteiger charge is -2.04. The van der Waals surface area contributed by atoms with Crippen LogP contribution < -0.4 is 5.32 Å². The average Bonchev–Trinajstić information content (AvgIpc) is 2.95. The van der Waals surface area contributed by atoms with Gasteiger partial charge in [0.05, 0.1) is 22.5 Å². The second-order valence-corrected chi connectivity index (χ2v) is 4.50. The van der Waals surface area contributed by atoms with E-state index in [9.17, 15) is 4.79 Å². The molecule has 1 aromatic carbocycles. The Morgan fingerprint density at radius 3 is 2.95 bits per heavy atom. The molecule has 0 spiro atoms. The van der Waals surface area contributed by atoms with E-state index in [1.807, 2.05) is 38.4 Å². The highest BCUT2D eigenvalue weighted by atomic mass is 16.1. The number of rotatable bonds is 2. The van der Waals surface area contributed by atoms with Crippen LogP contribution in [-0.4, -0.2) is 20.7 Å². The number of fused-ring (bicyclic) bond motifs is 1. The maximum Gasteiger partial charge on any atom is 0.257 e. The lowest BCUT2D eigenvalue weighted by atomic mass is 10.1. The average molecular weight is 254 g/mol. The Hall–Kier alpha value is -2.56. The molecule has 5 nitrogen and oxygen atoms in total. The number of nitrogens with one attached hydrogen (secondary N) is 2. The Morgan fingerprint density at radius 1 is 1.37 bits per heavy atom. The monoisotopic (exact) mass is 254 g/mol. The zero-order valence-electron chi connectivity index (χ0n) is 10.8. The standard InChI is InChI=1S/C14H14N4O/c1-9-12(8-18(2)17-9)16-14(19)11-5-3-4-10-6-7-15-13(10)11/h3-8,15H,1-2H3,(H,16,19). The Bertz CT molecular complexity index is 754. The van der Waals surface area contributed by atoms with Gasteiger partial charge in [-0.1, -0.05) is 12.1 Å². The van der Waals surface area contributed by atoms with E-state index in [0.29, 0.717) is 5.56 Å². The molecule has 0 fully saturated rings. The van der Waals surface area contributed by atoms with Gasteiger partial charge in [-0.05, 0) is 19.1 Å². The molecule has 0 atom stereocenters. The van der Waals surface area contributed by atoms with Crippen LogP contribution in [0.25, 0.3) is 10.9 Å². The lowest BCUT2D eigenvalue weighted by molar-refractivity contribution is 0.102. The van der Waals surface area contributed by atoms with Crippen molar-refractivity contribution in [3.05, 3.63) is 47.9 Å². The molecular weight excluding hydrogens is 240 g/mol. The predicted molar refractivity (Wildman–Crippen MR) is 74.2 cm³/mol. The van der Waals surface area contributed by atoms with E-state index in [1.54, 1.807) is 16.9 Å². The third kappa shape index (κ3) is 1.99. The number of aryl methyl sites for hydroxylation is 2. The van der Waals surface area contributed by atoms with Crippen LogP contribution in [0, 0.1) is 6.92 Å². The summed E-state index contributed by atoms with van der Waals surface area (Å²) < 4.78 is 1.68. The molecule has 0 bridgehead atoms. The molecule has 2 aromatic heterocycles. The van der Waals surface area contributed by atoms with Crippen LogP contribution in [0.2, 0.25) is 0 Å². The van der Waals surface area contributed by atoms with Crippen molar-refractivity contribution >= 4 is 22.5 Å². The summed E-state index contributed by atoms with van der Waals surface area (Å²) in [6.45, 7) is 1.87. The highest BCUT2D eigenvalue weighted by molar-refractivity contribution is 6.12. The Kier molecular flexibility index (Phi) is 2.59. The van der Waals surface area contributed by atoms with Gasteiger partial charge in [0, 0.05) is 24.8 Å². The van der Waals surface area contributed by atoms with Crippen molar-refractivity contribution in [2.45, 2.75) is 6.92 Å². The SMILES string of the molecule is Cc1nn(C)cc1NC(=O)c1cccc2cc[nH]c12. The van der Waals surface area contributed by atoms with Gasteiger partial charge in [-0.3, -0.25) is 9.48 Å². The summed E-state index contributed by atoms with van der Waals surface area (Å²) in [6.07, 6.45) is 3.62. The van der Waals surface area contributed by atoms with Crippen LogP contribution in [0.4, 0.5) is 5.69 Å².